The Morgan fingerprint density at radius 3 is 2.44 bits per heavy atom. The molecule has 0 aliphatic heterocycles. The molecule has 0 atom stereocenters. The topological polar surface area (TPSA) is 49.3 Å². The van der Waals surface area contributed by atoms with Gasteiger partial charge < -0.3 is 10.6 Å². The number of hydrogen-bond acceptors (Lipinski definition) is 3. The number of nitrogens with zero attached hydrogens (tertiary/aromatic N) is 2. The molecule has 0 bridgehead atoms. The van der Waals surface area contributed by atoms with Gasteiger partial charge in [0.25, 0.3) is 0 Å². The van der Waals surface area contributed by atoms with E-state index in [1.807, 2.05) is 19.1 Å². The summed E-state index contributed by atoms with van der Waals surface area (Å²) in [6.07, 6.45) is -3.02. The zero-order valence-corrected chi connectivity index (χ0v) is 18.4. The molecule has 0 fully saturated rings. The van der Waals surface area contributed by atoms with Gasteiger partial charge in [0.2, 0.25) is 0 Å². The Bertz CT molecular complexity index is 731. The quantitative estimate of drug-likeness (QED) is 0.323. The third kappa shape index (κ3) is 7.65. The van der Waals surface area contributed by atoms with Crippen LogP contribution in [0.5, 0.6) is 0 Å². The average Bonchev–Trinajstić information content (AvgIpc) is 3.09. The first kappa shape index (κ1) is 23.7. The second-order valence-corrected chi connectivity index (χ2v) is 6.56. The van der Waals surface area contributed by atoms with Crippen molar-refractivity contribution in [3.63, 3.8) is 0 Å². The van der Waals surface area contributed by atoms with Crippen LogP contribution in [-0.4, -0.2) is 24.0 Å². The van der Waals surface area contributed by atoms with Crippen LogP contribution in [0.2, 0.25) is 0 Å². The molecule has 0 spiro atoms. The predicted octanol–water partition coefficient (Wildman–Crippen LogP) is 4.64. The van der Waals surface area contributed by atoms with Crippen LogP contribution in [0, 0.1) is 0 Å². The molecule has 0 amide bonds. The molecule has 0 radical (unpaired) electrons. The van der Waals surface area contributed by atoms with Gasteiger partial charge >= 0.3 is 6.18 Å². The van der Waals surface area contributed by atoms with Gasteiger partial charge in [-0.3, -0.25) is 0 Å². The van der Waals surface area contributed by atoms with Gasteiger partial charge in [-0.2, -0.15) is 13.2 Å². The highest BCUT2D eigenvalue weighted by Gasteiger charge is 2.33. The Morgan fingerprint density at radius 1 is 1.15 bits per heavy atom. The van der Waals surface area contributed by atoms with Crippen LogP contribution in [0.1, 0.15) is 35.7 Å². The molecule has 1 aromatic carbocycles. The van der Waals surface area contributed by atoms with Gasteiger partial charge in [-0.15, -0.1) is 35.3 Å². The average molecular weight is 512 g/mol. The summed E-state index contributed by atoms with van der Waals surface area (Å²) in [7, 11) is 0. The van der Waals surface area contributed by atoms with Crippen LogP contribution in [0.3, 0.4) is 0 Å². The number of halogens is 4. The number of thiazole rings is 1. The largest absolute Gasteiger partial charge is 0.434 e. The van der Waals surface area contributed by atoms with Crippen LogP contribution < -0.4 is 10.6 Å². The lowest BCUT2D eigenvalue weighted by molar-refractivity contribution is -0.140. The summed E-state index contributed by atoms with van der Waals surface area (Å²) in [6.45, 7) is 5.79. The number of aliphatic imine (C=N–C) groups is 1. The lowest BCUT2D eigenvalue weighted by Crippen LogP contribution is -2.38. The molecule has 2 N–H and O–H groups in total. The van der Waals surface area contributed by atoms with Gasteiger partial charge in [0.05, 0.1) is 11.6 Å². The van der Waals surface area contributed by atoms with Gasteiger partial charge in [0.1, 0.15) is 0 Å². The number of aryl methyl sites for hydroxylation is 1. The lowest BCUT2D eigenvalue weighted by Gasteiger charge is -2.11. The molecule has 2 aromatic rings. The number of benzene rings is 1. The fraction of sp³-hybridized carbons (Fsp3) is 0.444. The van der Waals surface area contributed by atoms with Gasteiger partial charge in [-0.25, -0.2) is 9.98 Å². The lowest BCUT2D eigenvalue weighted by atomic mass is 10.1. The molecule has 4 nitrogen and oxygen atoms in total. The monoisotopic (exact) mass is 512 g/mol. The SMILES string of the molecule is CCNC(=NCc1ccccc1CC)NCCc1nc(C(F)(F)F)cs1.I. The summed E-state index contributed by atoms with van der Waals surface area (Å²) < 4.78 is 37.7. The van der Waals surface area contributed by atoms with E-state index in [1.165, 1.54) is 11.1 Å². The van der Waals surface area contributed by atoms with Crippen LogP contribution in [0.15, 0.2) is 34.6 Å². The first-order valence-corrected chi connectivity index (χ1v) is 9.42. The molecule has 0 unspecified atom stereocenters. The second-order valence-electron chi connectivity index (χ2n) is 5.62. The van der Waals surface area contributed by atoms with Crippen molar-refractivity contribution in [1.82, 2.24) is 15.6 Å². The number of guanidine groups is 1. The summed E-state index contributed by atoms with van der Waals surface area (Å²) in [5.41, 5.74) is 1.60. The fourth-order valence-corrected chi connectivity index (χ4v) is 3.21. The number of hydrogen-bond donors (Lipinski definition) is 2. The molecule has 150 valence electrons. The van der Waals surface area contributed by atoms with E-state index in [0.717, 1.165) is 23.1 Å². The molecule has 9 heteroatoms. The van der Waals surface area contributed by atoms with E-state index in [0.29, 0.717) is 37.0 Å². The van der Waals surface area contributed by atoms with Crippen molar-refractivity contribution in [3.8, 4) is 0 Å². The molecule has 0 aliphatic rings. The highest BCUT2D eigenvalue weighted by atomic mass is 127. The third-order valence-electron chi connectivity index (χ3n) is 3.72. The molecular formula is C18H24F3IN4S. The first-order chi connectivity index (χ1) is 12.4. The minimum Gasteiger partial charge on any atom is -0.357 e. The molecule has 0 aliphatic carbocycles. The second kappa shape index (κ2) is 11.5. The smallest absolute Gasteiger partial charge is 0.357 e. The molecule has 2 rings (SSSR count). The number of aromatic nitrogens is 1. The predicted molar refractivity (Wildman–Crippen MR) is 115 cm³/mol. The van der Waals surface area contributed by atoms with Crippen LogP contribution >= 0.6 is 35.3 Å². The van der Waals surface area contributed by atoms with Crippen LogP contribution in [0.25, 0.3) is 0 Å². The van der Waals surface area contributed by atoms with Crippen LogP contribution in [-0.2, 0) is 25.6 Å². The van der Waals surface area contributed by atoms with Gasteiger partial charge in [0.15, 0.2) is 11.7 Å². The molecule has 0 saturated carbocycles. The summed E-state index contributed by atoms with van der Waals surface area (Å²) >= 11 is 1.03. The fourth-order valence-electron chi connectivity index (χ4n) is 2.41. The van der Waals surface area contributed by atoms with E-state index in [4.69, 9.17) is 0 Å². The Balaban J connectivity index is 0.00000364. The number of nitrogens with one attached hydrogen (secondary N) is 2. The molecule has 27 heavy (non-hydrogen) atoms. The highest BCUT2D eigenvalue weighted by molar-refractivity contribution is 14.0. The van der Waals surface area contributed by atoms with Crippen molar-refractivity contribution in [1.29, 1.82) is 0 Å². The maximum absolute atomic E-state index is 12.6. The zero-order valence-electron chi connectivity index (χ0n) is 15.3. The summed E-state index contributed by atoms with van der Waals surface area (Å²) in [4.78, 5) is 8.20. The van der Waals surface area contributed by atoms with Crippen LogP contribution in [0.4, 0.5) is 13.2 Å². The molecular weight excluding hydrogens is 488 g/mol. The van der Waals surface area contributed by atoms with Gasteiger partial charge in [-0.05, 0) is 24.5 Å². The van der Waals surface area contributed by atoms with Crippen molar-refractivity contribution >= 4 is 41.3 Å². The Kier molecular flexibility index (Phi) is 10.1. The Morgan fingerprint density at radius 2 is 1.85 bits per heavy atom. The van der Waals surface area contributed by atoms with Crippen molar-refractivity contribution in [2.24, 2.45) is 4.99 Å². The third-order valence-corrected chi connectivity index (χ3v) is 4.63. The summed E-state index contributed by atoms with van der Waals surface area (Å²) in [5, 5.41) is 7.80. The van der Waals surface area contributed by atoms with E-state index < -0.39 is 11.9 Å². The van der Waals surface area contributed by atoms with E-state index in [-0.39, 0.29) is 24.0 Å². The first-order valence-electron chi connectivity index (χ1n) is 8.54. The van der Waals surface area contributed by atoms with Crippen molar-refractivity contribution in [3.05, 3.63) is 51.5 Å². The minimum atomic E-state index is -4.38. The zero-order chi connectivity index (χ0) is 19.0. The molecule has 1 aromatic heterocycles. The van der Waals surface area contributed by atoms with E-state index in [1.54, 1.807) is 0 Å². The summed E-state index contributed by atoms with van der Waals surface area (Å²) in [6, 6.07) is 8.15. The number of rotatable bonds is 7. The van der Waals surface area contributed by atoms with E-state index in [2.05, 4.69) is 39.7 Å². The van der Waals surface area contributed by atoms with Gasteiger partial charge in [0, 0.05) is 24.9 Å². The van der Waals surface area contributed by atoms with E-state index >= 15 is 0 Å². The van der Waals surface area contributed by atoms with Gasteiger partial charge in [-0.1, -0.05) is 31.2 Å². The highest BCUT2D eigenvalue weighted by Crippen LogP contribution is 2.29. The van der Waals surface area contributed by atoms with Crippen molar-refractivity contribution in [2.45, 2.75) is 39.4 Å². The molecule has 1 heterocycles. The normalized spacial score (nSPS) is 11.8. The Labute approximate surface area is 178 Å². The minimum absolute atomic E-state index is 0. The van der Waals surface area contributed by atoms with Crippen molar-refractivity contribution in [2.75, 3.05) is 13.1 Å². The molecule has 0 saturated heterocycles. The number of alkyl halides is 3. The maximum Gasteiger partial charge on any atom is 0.434 e. The summed E-state index contributed by atoms with van der Waals surface area (Å²) in [5.74, 6) is 0.644. The maximum atomic E-state index is 12.6. The standard InChI is InChI=1S/C18H23F3N4S.HI/c1-3-13-7-5-6-8-14(13)11-24-17(22-4-2)23-10-9-16-25-15(12-26-16)18(19,20)21;/h5-8,12H,3-4,9-11H2,1-2H3,(H2,22,23,24);1H. The Hall–Kier alpha value is -1.36. The van der Waals surface area contributed by atoms with Crippen molar-refractivity contribution < 1.29 is 13.2 Å². The van der Waals surface area contributed by atoms with E-state index in [9.17, 15) is 13.2 Å².